The van der Waals surface area contributed by atoms with Gasteiger partial charge in [-0.1, -0.05) is 103 Å². The summed E-state index contributed by atoms with van der Waals surface area (Å²) < 4.78 is 0. The smallest absolute Gasteiger partial charge is 0.321 e. The van der Waals surface area contributed by atoms with Crippen LogP contribution < -0.4 is 5.32 Å². The highest BCUT2D eigenvalue weighted by atomic mass is 16.4. The van der Waals surface area contributed by atoms with Crippen LogP contribution in [-0.4, -0.2) is 23.2 Å². The van der Waals surface area contributed by atoms with E-state index in [1.807, 2.05) is 91.0 Å². The maximum Gasteiger partial charge on any atom is 0.321 e. The molecule has 6 heteroatoms. The first-order valence-corrected chi connectivity index (χ1v) is 9.31. The fraction of sp³-hybridized carbons (Fsp3) is 0.174. The number of rotatable bonds is 8. The summed E-state index contributed by atoms with van der Waals surface area (Å²) >= 11 is 0. The Kier molecular flexibility index (Phi) is 6.29. The summed E-state index contributed by atoms with van der Waals surface area (Å²) in [4.78, 5) is 15.0. The van der Waals surface area contributed by atoms with Crippen molar-refractivity contribution in [1.29, 1.82) is 0 Å². The van der Waals surface area contributed by atoms with Crippen LogP contribution in [0.2, 0.25) is 0 Å². The summed E-state index contributed by atoms with van der Waals surface area (Å²) in [6.07, 6.45) is 0. The molecule has 0 aliphatic rings. The summed E-state index contributed by atoms with van der Waals surface area (Å²) in [7, 11) is 0. The first kappa shape index (κ1) is 20.1. The van der Waals surface area contributed by atoms with Gasteiger partial charge in [-0.2, -0.15) is 0 Å². The molecule has 0 aromatic heterocycles. The van der Waals surface area contributed by atoms with Crippen molar-refractivity contribution in [3.8, 4) is 0 Å². The van der Waals surface area contributed by atoms with Gasteiger partial charge in [0.1, 0.15) is 6.04 Å². The van der Waals surface area contributed by atoms with Crippen molar-refractivity contribution in [2.45, 2.75) is 24.5 Å². The van der Waals surface area contributed by atoms with Gasteiger partial charge in [0.05, 0.1) is 11.6 Å². The third kappa shape index (κ3) is 4.14. The third-order valence-electron chi connectivity index (χ3n) is 4.97. The number of azide groups is 1. The predicted octanol–water partition coefficient (Wildman–Crippen LogP) is 4.72. The molecule has 0 saturated heterocycles. The summed E-state index contributed by atoms with van der Waals surface area (Å²) in [5.41, 5.74) is 10.6. The van der Waals surface area contributed by atoms with Crippen molar-refractivity contribution in [3.63, 3.8) is 0 Å². The summed E-state index contributed by atoms with van der Waals surface area (Å²) in [5.74, 6) is -1.09. The zero-order chi connectivity index (χ0) is 20.7. The molecule has 0 heterocycles. The van der Waals surface area contributed by atoms with E-state index in [2.05, 4.69) is 15.3 Å². The molecule has 146 valence electrons. The van der Waals surface area contributed by atoms with Crippen LogP contribution in [-0.2, 0) is 10.3 Å². The van der Waals surface area contributed by atoms with E-state index in [1.54, 1.807) is 6.92 Å². The zero-order valence-corrected chi connectivity index (χ0v) is 16.0. The Bertz CT molecular complexity index is 890. The van der Waals surface area contributed by atoms with Gasteiger partial charge < -0.3 is 5.11 Å². The molecule has 0 radical (unpaired) electrons. The van der Waals surface area contributed by atoms with Crippen molar-refractivity contribution in [2.24, 2.45) is 5.11 Å². The summed E-state index contributed by atoms with van der Waals surface area (Å²) in [5, 5.41) is 16.9. The fourth-order valence-corrected chi connectivity index (χ4v) is 3.58. The minimum atomic E-state index is -1.11. The number of aliphatic carboxylic acids is 1. The largest absolute Gasteiger partial charge is 0.480 e. The Morgan fingerprint density at radius 2 is 1.28 bits per heavy atom. The van der Waals surface area contributed by atoms with E-state index in [1.165, 1.54) is 0 Å². The summed E-state index contributed by atoms with van der Waals surface area (Å²) in [6, 6.07) is 27.2. The number of carbonyl (C=O) groups is 1. The van der Waals surface area contributed by atoms with E-state index < -0.39 is 23.6 Å². The number of hydrogen-bond donors (Lipinski definition) is 2. The second kappa shape index (κ2) is 9.06. The SMILES string of the molecule is CC(N=[N+]=[N-])C(NC(c1ccccc1)(c1ccccc1)c1ccccc1)C(=O)O. The molecule has 0 aliphatic heterocycles. The monoisotopic (exact) mass is 386 g/mol. The highest BCUT2D eigenvalue weighted by molar-refractivity contribution is 5.75. The lowest BCUT2D eigenvalue weighted by Gasteiger charge is -2.40. The number of benzene rings is 3. The minimum absolute atomic E-state index is 0.798. The quantitative estimate of drug-likeness (QED) is 0.254. The molecule has 0 fully saturated rings. The van der Waals surface area contributed by atoms with E-state index in [0.717, 1.165) is 16.7 Å². The molecule has 6 nitrogen and oxygen atoms in total. The molecule has 2 N–H and O–H groups in total. The second-order valence-electron chi connectivity index (χ2n) is 6.75. The molecule has 2 atom stereocenters. The molecule has 0 bridgehead atoms. The molecule has 0 saturated carbocycles. The number of nitrogens with one attached hydrogen (secondary N) is 1. The number of hydrogen-bond acceptors (Lipinski definition) is 3. The highest BCUT2D eigenvalue weighted by Gasteiger charge is 2.41. The lowest BCUT2D eigenvalue weighted by molar-refractivity contribution is -0.140. The maximum atomic E-state index is 12.1. The Labute approximate surface area is 169 Å². The van der Waals surface area contributed by atoms with Gasteiger partial charge in [0, 0.05) is 4.91 Å². The molecule has 2 unspecified atom stereocenters. The van der Waals surface area contributed by atoms with E-state index in [0.29, 0.717) is 0 Å². The van der Waals surface area contributed by atoms with Gasteiger partial charge in [-0.3, -0.25) is 10.1 Å². The van der Waals surface area contributed by atoms with E-state index in [-0.39, 0.29) is 0 Å². The van der Waals surface area contributed by atoms with Crippen LogP contribution in [0.4, 0.5) is 0 Å². The van der Waals surface area contributed by atoms with Gasteiger partial charge >= 0.3 is 5.97 Å². The zero-order valence-electron chi connectivity index (χ0n) is 16.0. The van der Waals surface area contributed by atoms with E-state index in [9.17, 15) is 9.90 Å². The average molecular weight is 386 g/mol. The molecular weight excluding hydrogens is 364 g/mol. The average Bonchev–Trinajstić information content (AvgIpc) is 2.76. The van der Waals surface area contributed by atoms with E-state index >= 15 is 0 Å². The van der Waals surface area contributed by atoms with Crippen LogP contribution >= 0.6 is 0 Å². The van der Waals surface area contributed by atoms with Gasteiger partial charge in [-0.05, 0) is 22.2 Å². The predicted molar refractivity (Wildman–Crippen MR) is 112 cm³/mol. The first-order chi connectivity index (χ1) is 14.1. The number of nitrogens with zero attached hydrogens (tertiary/aromatic N) is 3. The topological polar surface area (TPSA) is 98.1 Å². The Morgan fingerprint density at radius 1 is 0.897 bits per heavy atom. The molecule has 0 aliphatic carbocycles. The van der Waals surface area contributed by atoms with Gasteiger partial charge in [-0.15, -0.1) is 0 Å². The van der Waals surface area contributed by atoms with Crippen molar-refractivity contribution in [3.05, 3.63) is 118 Å². The molecule has 0 spiro atoms. The number of carboxylic acid groups (broad SMARTS) is 1. The maximum absolute atomic E-state index is 12.1. The highest BCUT2D eigenvalue weighted by Crippen LogP contribution is 2.37. The van der Waals surface area contributed by atoms with Crippen LogP contribution in [0.1, 0.15) is 23.6 Å². The molecule has 29 heavy (non-hydrogen) atoms. The van der Waals surface area contributed by atoms with Gasteiger partial charge in [0.15, 0.2) is 0 Å². The third-order valence-corrected chi connectivity index (χ3v) is 4.97. The van der Waals surface area contributed by atoms with Crippen LogP contribution in [0.15, 0.2) is 96.1 Å². The Balaban J connectivity index is 2.30. The Hall–Kier alpha value is -3.60. The van der Waals surface area contributed by atoms with Gasteiger partial charge in [-0.25, -0.2) is 0 Å². The van der Waals surface area contributed by atoms with Crippen LogP contribution in [0.25, 0.3) is 10.4 Å². The molecule has 3 aromatic rings. The second-order valence-corrected chi connectivity index (χ2v) is 6.75. The first-order valence-electron chi connectivity index (χ1n) is 9.31. The molecular formula is C23H22N4O2. The van der Waals surface area contributed by atoms with Crippen LogP contribution in [0.3, 0.4) is 0 Å². The molecule has 3 aromatic carbocycles. The van der Waals surface area contributed by atoms with Crippen molar-refractivity contribution in [1.82, 2.24) is 5.32 Å². The van der Waals surface area contributed by atoms with Gasteiger partial charge in [0.25, 0.3) is 0 Å². The van der Waals surface area contributed by atoms with Crippen LogP contribution in [0, 0.1) is 0 Å². The van der Waals surface area contributed by atoms with Gasteiger partial charge in [0.2, 0.25) is 0 Å². The Morgan fingerprint density at radius 3 is 1.59 bits per heavy atom. The normalized spacial score (nSPS) is 13.1. The fourth-order valence-electron chi connectivity index (χ4n) is 3.58. The van der Waals surface area contributed by atoms with Crippen molar-refractivity contribution in [2.75, 3.05) is 0 Å². The van der Waals surface area contributed by atoms with E-state index in [4.69, 9.17) is 5.53 Å². The van der Waals surface area contributed by atoms with Crippen molar-refractivity contribution >= 4 is 5.97 Å². The molecule has 3 rings (SSSR count). The summed E-state index contributed by atoms with van der Waals surface area (Å²) in [6.45, 7) is 1.59. The molecule has 0 amide bonds. The standard InChI is InChI=1S/C23H22N4O2/c1-17(26-27-24)21(22(28)29)25-23(18-11-5-2-6-12-18,19-13-7-3-8-14-19)20-15-9-4-10-16-20/h2-17,21,25H,1H3,(H,28,29). The van der Waals surface area contributed by atoms with Crippen molar-refractivity contribution < 1.29 is 9.90 Å². The number of carboxylic acids is 1. The minimum Gasteiger partial charge on any atom is -0.480 e. The lowest BCUT2D eigenvalue weighted by Crippen LogP contribution is -2.56. The lowest BCUT2D eigenvalue weighted by atomic mass is 9.76. The van der Waals surface area contributed by atoms with Crippen LogP contribution in [0.5, 0.6) is 0 Å².